The lowest BCUT2D eigenvalue weighted by atomic mass is 10.0. The molecule has 0 aliphatic carbocycles. The van der Waals surface area contributed by atoms with Gasteiger partial charge in [0.15, 0.2) is 6.10 Å². The van der Waals surface area contributed by atoms with E-state index < -0.39 is 6.10 Å². The van der Waals surface area contributed by atoms with Crippen molar-refractivity contribution in [2.45, 2.75) is 39.8 Å². The van der Waals surface area contributed by atoms with Crippen molar-refractivity contribution in [1.29, 1.82) is 0 Å². The van der Waals surface area contributed by atoms with Crippen LogP contribution < -0.4 is 10.1 Å². The minimum Gasteiger partial charge on any atom is -0.481 e. The highest BCUT2D eigenvalue weighted by Crippen LogP contribution is 2.23. The minimum atomic E-state index is -0.595. The molecule has 0 unspecified atom stereocenters. The highest BCUT2D eigenvalue weighted by molar-refractivity contribution is 5.81. The molecule has 2 aromatic carbocycles. The van der Waals surface area contributed by atoms with E-state index in [1.54, 1.807) is 6.92 Å². The summed E-state index contributed by atoms with van der Waals surface area (Å²) < 4.78 is 5.79. The van der Waals surface area contributed by atoms with Crippen molar-refractivity contribution in [1.82, 2.24) is 15.3 Å². The Balaban J connectivity index is 1.73. The summed E-state index contributed by atoms with van der Waals surface area (Å²) in [7, 11) is 0. The lowest BCUT2D eigenvalue weighted by Gasteiger charge is -2.23. The molecular formula is C21H25N3O2. The molecule has 136 valence electrons. The number of aromatic nitrogens is 2. The van der Waals surface area contributed by atoms with Crippen molar-refractivity contribution in [2.75, 3.05) is 0 Å². The molecule has 0 saturated carbocycles. The van der Waals surface area contributed by atoms with Crippen LogP contribution in [0.25, 0.3) is 11.0 Å². The number of para-hydroxylation sites is 2. The SMILES string of the molecule is Cc1cccc(O[C@@H](C)C(=O)N[C@H](c2nc3ccccc3[nH]2)C(C)C)c1. The molecule has 26 heavy (non-hydrogen) atoms. The third-order valence-corrected chi connectivity index (χ3v) is 4.34. The van der Waals surface area contributed by atoms with Gasteiger partial charge < -0.3 is 15.0 Å². The molecule has 1 heterocycles. The number of ether oxygens (including phenoxy) is 1. The summed E-state index contributed by atoms with van der Waals surface area (Å²) in [6.07, 6.45) is -0.595. The summed E-state index contributed by atoms with van der Waals surface area (Å²) in [5.41, 5.74) is 2.95. The maximum absolute atomic E-state index is 12.7. The molecule has 0 spiro atoms. The van der Waals surface area contributed by atoms with Crippen LogP contribution in [0.3, 0.4) is 0 Å². The van der Waals surface area contributed by atoms with Gasteiger partial charge in [-0.15, -0.1) is 0 Å². The molecule has 0 aliphatic rings. The first-order chi connectivity index (χ1) is 12.4. The third kappa shape index (κ3) is 4.04. The highest BCUT2D eigenvalue weighted by atomic mass is 16.5. The zero-order valence-corrected chi connectivity index (χ0v) is 15.6. The van der Waals surface area contributed by atoms with Gasteiger partial charge in [0.1, 0.15) is 11.6 Å². The molecule has 1 amide bonds. The van der Waals surface area contributed by atoms with Crippen molar-refractivity contribution in [3.63, 3.8) is 0 Å². The quantitative estimate of drug-likeness (QED) is 0.701. The Morgan fingerprint density at radius 3 is 2.58 bits per heavy atom. The van der Waals surface area contributed by atoms with E-state index in [0.717, 1.165) is 22.4 Å². The number of rotatable bonds is 6. The summed E-state index contributed by atoms with van der Waals surface area (Å²) in [6.45, 7) is 7.87. The number of hydrogen-bond acceptors (Lipinski definition) is 3. The van der Waals surface area contributed by atoms with Crippen LogP contribution in [0.4, 0.5) is 0 Å². The first kappa shape index (κ1) is 18.0. The van der Waals surface area contributed by atoms with E-state index in [-0.39, 0.29) is 17.9 Å². The second-order valence-corrected chi connectivity index (χ2v) is 6.95. The Morgan fingerprint density at radius 1 is 1.12 bits per heavy atom. The number of imidazole rings is 1. The number of amides is 1. The van der Waals surface area contributed by atoms with E-state index >= 15 is 0 Å². The van der Waals surface area contributed by atoms with Crippen LogP contribution in [-0.2, 0) is 4.79 Å². The predicted molar refractivity (Wildman–Crippen MR) is 103 cm³/mol. The average molecular weight is 351 g/mol. The van der Waals surface area contributed by atoms with Gasteiger partial charge in [-0.1, -0.05) is 38.1 Å². The van der Waals surface area contributed by atoms with E-state index in [1.807, 2.05) is 55.5 Å². The Bertz CT molecular complexity index is 868. The number of carbonyl (C=O) groups excluding carboxylic acids is 1. The fourth-order valence-corrected chi connectivity index (χ4v) is 2.89. The smallest absolute Gasteiger partial charge is 0.261 e. The van der Waals surface area contributed by atoms with Crippen molar-refractivity contribution < 1.29 is 9.53 Å². The van der Waals surface area contributed by atoms with E-state index in [2.05, 4.69) is 29.1 Å². The monoisotopic (exact) mass is 351 g/mol. The van der Waals surface area contributed by atoms with Crippen LogP contribution in [0, 0.1) is 12.8 Å². The number of nitrogens with one attached hydrogen (secondary N) is 2. The number of carbonyl (C=O) groups is 1. The normalized spacial score (nSPS) is 13.6. The van der Waals surface area contributed by atoms with Crippen LogP contribution in [0.5, 0.6) is 5.75 Å². The molecule has 0 aliphatic heterocycles. The average Bonchev–Trinajstić information content (AvgIpc) is 3.02. The number of benzene rings is 2. The Labute approximate surface area is 153 Å². The zero-order valence-electron chi connectivity index (χ0n) is 15.6. The summed E-state index contributed by atoms with van der Waals surface area (Å²) >= 11 is 0. The summed E-state index contributed by atoms with van der Waals surface area (Å²) in [5, 5.41) is 3.07. The van der Waals surface area contributed by atoms with E-state index in [0.29, 0.717) is 5.75 Å². The molecule has 2 N–H and O–H groups in total. The van der Waals surface area contributed by atoms with Crippen LogP contribution in [-0.4, -0.2) is 22.0 Å². The molecule has 5 nitrogen and oxygen atoms in total. The number of nitrogens with zero attached hydrogens (tertiary/aromatic N) is 1. The minimum absolute atomic E-state index is 0.161. The van der Waals surface area contributed by atoms with Gasteiger partial charge in [0.2, 0.25) is 0 Å². The molecule has 0 fully saturated rings. The Morgan fingerprint density at radius 2 is 1.88 bits per heavy atom. The van der Waals surface area contributed by atoms with Gasteiger partial charge in [0.05, 0.1) is 17.1 Å². The van der Waals surface area contributed by atoms with Crippen LogP contribution in [0.15, 0.2) is 48.5 Å². The van der Waals surface area contributed by atoms with E-state index in [1.165, 1.54) is 0 Å². The maximum Gasteiger partial charge on any atom is 0.261 e. The fourth-order valence-electron chi connectivity index (χ4n) is 2.89. The van der Waals surface area contributed by atoms with Crippen molar-refractivity contribution in [3.8, 4) is 5.75 Å². The van der Waals surface area contributed by atoms with Gasteiger partial charge in [-0.25, -0.2) is 4.98 Å². The van der Waals surface area contributed by atoms with Crippen LogP contribution in [0.2, 0.25) is 0 Å². The van der Waals surface area contributed by atoms with Crippen molar-refractivity contribution in [2.24, 2.45) is 5.92 Å². The molecule has 0 bridgehead atoms. The van der Waals surface area contributed by atoms with Gasteiger partial charge in [0.25, 0.3) is 5.91 Å². The van der Waals surface area contributed by atoms with Gasteiger partial charge in [0, 0.05) is 0 Å². The molecule has 1 aromatic heterocycles. The summed E-state index contributed by atoms with van der Waals surface area (Å²) in [6, 6.07) is 15.3. The lowest BCUT2D eigenvalue weighted by Crippen LogP contribution is -2.40. The molecular weight excluding hydrogens is 326 g/mol. The second kappa shape index (κ2) is 7.60. The van der Waals surface area contributed by atoms with Crippen molar-refractivity contribution in [3.05, 3.63) is 59.9 Å². The first-order valence-corrected chi connectivity index (χ1v) is 8.92. The largest absolute Gasteiger partial charge is 0.481 e. The molecule has 2 atom stereocenters. The van der Waals surface area contributed by atoms with Gasteiger partial charge in [-0.3, -0.25) is 4.79 Å². The standard InChI is InChI=1S/C21H25N3O2/c1-13(2)19(20-22-17-10-5-6-11-18(17)23-20)24-21(25)15(4)26-16-9-7-8-14(3)12-16/h5-13,15,19H,1-4H3,(H,22,23)(H,24,25)/t15-,19-/m0/s1. The number of fused-ring (bicyclic) bond motifs is 1. The fraction of sp³-hybridized carbons (Fsp3) is 0.333. The van der Waals surface area contributed by atoms with Crippen molar-refractivity contribution >= 4 is 16.9 Å². The maximum atomic E-state index is 12.7. The Kier molecular flexibility index (Phi) is 5.26. The van der Waals surface area contributed by atoms with Gasteiger partial charge >= 0.3 is 0 Å². The third-order valence-electron chi connectivity index (χ3n) is 4.34. The highest BCUT2D eigenvalue weighted by Gasteiger charge is 2.25. The van der Waals surface area contributed by atoms with Crippen LogP contribution in [0.1, 0.15) is 38.2 Å². The van der Waals surface area contributed by atoms with E-state index in [9.17, 15) is 4.79 Å². The first-order valence-electron chi connectivity index (χ1n) is 8.92. The molecule has 5 heteroatoms. The summed E-state index contributed by atoms with van der Waals surface area (Å²) in [5.74, 6) is 1.48. The molecule has 3 rings (SSSR count). The molecule has 3 aromatic rings. The lowest BCUT2D eigenvalue weighted by molar-refractivity contribution is -0.128. The molecule has 0 radical (unpaired) electrons. The van der Waals surface area contributed by atoms with E-state index in [4.69, 9.17) is 4.74 Å². The molecule has 0 saturated heterocycles. The topological polar surface area (TPSA) is 67.0 Å². The Hall–Kier alpha value is -2.82. The number of hydrogen-bond donors (Lipinski definition) is 2. The summed E-state index contributed by atoms with van der Waals surface area (Å²) in [4.78, 5) is 20.6. The van der Waals surface area contributed by atoms with Gasteiger partial charge in [-0.05, 0) is 49.6 Å². The number of aryl methyl sites for hydroxylation is 1. The number of H-pyrrole nitrogens is 1. The van der Waals surface area contributed by atoms with Crippen LogP contribution >= 0.6 is 0 Å². The predicted octanol–water partition coefficient (Wildman–Crippen LogP) is 4.15. The second-order valence-electron chi connectivity index (χ2n) is 6.95. The number of aromatic amines is 1. The van der Waals surface area contributed by atoms with Gasteiger partial charge in [-0.2, -0.15) is 0 Å². The zero-order chi connectivity index (χ0) is 18.7.